The van der Waals surface area contributed by atoms with E-state index in [9.17, 15) is 26.4 Å². The number of hydrogen-bond donors (Lipinski definition) is 2. The van der Waals surface area contributed by atoms with Crippen LogP contribution in [0, 0.1) is 0 Å². The monoisotopic (exact) mass is 405 g/mol. The van der Waals surface area contributed by atoms with Crippen LogP contribution in [0.1, 0.15) is 6.42 Å². The summed E-state index contributed by atoms with van der Waals surface area (Å²) in [5, 5.41) is 12.4. The maximum absolute atomic E-state index is 12.4. The van der Waals surface area contributed by atoms with Crippen LogP contribution in [0.5, 0.6) is 5.75 Å². The SMILES string of the molecule is O=C(O)N1CC[C@H](Nc2cnc3ccc(OS(=O)(=O)C(F)(F)F)cc3c2)C1. The predicted molar refractivity (Wildman–Crippen MR) is 89.0 cm³/mol. The first kappa shape index (κ1) is 19.0. The van der Waals surface area contributed by atoms with Crippen molar-refractivity contribution < 1.29 is 35.7 Å². The van der Waals surface area contributed by atoms with Gasteiger partial charge < -0.3 is 19.5 Å². The molecule has 2 heterocycles. The quantitative estimate of drug-likeness (QED) is 0.595. The molecule has 1 aromatic carbocycles. The minimum atomic E-state index is -5.76. The molecule has 0 spiro atoms. The second kappa shape index (κ2) is 6.76. The fraction of sp³-hybridized carbons (Fsp3) is 0.333. The molecule has 2 N–H and O–H groups in total. The number of halogens is 3. The van der Waals surface area contributed by atoms with Crippen LogP contribution in [-0.4, -0.2) is 54.1 Å². The lowest BCUT2D eigenvalue weighted by molar-refractivity contribution is -0.0500. The Morgan fingerprint density at radius 3 is 2.70 bits per heavy atom. The van der Waals surface area contributed by atoms with Gasteiger partial charge >= 0.3 is 21.7 Å². The molecule has 8 nitrogen and oxygen atoms in total. The number of likely N-dealkylation sites (tertiary alicyclic amines) is 1. The van der Waals surface area contributed by atoms with Crippen molar-refractivity contribution in [1.29, 1.82) is 0 Å². The summed E-state index contributed by atoms with van der Waals surface area (Å²) in [5.74, 6) is -0.489. The molecule has 1 aliphatic rings. The highest BCUT2D eigenvalue weighted by atomic mass is 32.2. The summed E-state index contributed by atoms with van der Waals surface area (Å²) in [5.41, 5.74) is -4.58. The first-order valence-electron chi connectivity index (χ1n) is 7.70. The van der Waals surface area contributed by atoms with Crippen molar-refractivity contribution in [3.05, 3.63) is 30.5 Å². The number of aromatic nitrogens is 1. The molecule has 1 amide bonds. The summed E-state index contributed by atoms with van der Waals surface area (Å²) in [6, 6.07) is 4.98. The molecular weight excluding hydrogens is 391 g/mol. The Hall–Kier alpha value is -2.76. The van der Waals surface area contributed by atoms with E-state index in [4.69, 9.17) is 5.11 Å². The van der Waals surface area contributed by atoms with Crippen molar-refractivity contribution in [2.24, 2.45) is 0 Å². The van der Waals surface area contributed by atoms with Gasteiger partial charge in [0.25, 0.3) is 0 Å². The molecule has 0 saturated carbocycles. The number of carboxylic acid groups (broad SMARTS) is 1. The molecule has 1 atom stereocenters. The smallest absolute Gasteiger partial charge is 0.465 e. The zero-order valence-corrected chi connectivity index (χ0v) is 14.4. The fourth-order valence-corrected chi connectivity index (χ4v) is 3.15. The van der Waals surface area contributed by atoms with E-state index in [0.29, 0.717) is 36.1 Å². The Kier molecular flexibility index (Phi) is 4.76. The minimum Gasteiger partial charge on any atom is -0.465 e. The summed E-state index contributed by atoms with van der Waals surface area (Å²) in [7, 11) is -5.76. The third-order valence-electron chi connectivity index (χ3n) is 3.97. The molecule has 1 saturated heterocycles. The van der Waals surface area contributed by atoms with E-state index < -0.39 is 27.5 Å². The van der Waals surface area contributed by atoms with Gasteiger partial charge in [0, 0.05) is 24.5 Å². The average molecular weight is 405 g/mol. The fourth-order valence-electron chi connectivity index (χ4n) is 2.70. The van der Waals surface area contributed by atoms with Crippen molar-refractivity contribution in [2.45, 2.75) is 18.0 Å². The maximum atomic E-state index is 12.4. The van der Waals surface area contributed by atoms with Crippen LogP contribution in [0.3, 0.4) is 0 Å². The molecule has 12 heteroatoms. The van der Waals surface area contributed by atoms with E-state index in [2.05, 4.69) is 14.5 Å². The number of hydrogen-bond acceptors (Lipinski definition) is 6. The number of carbonyl (C=O) groups is 1. The molecule has 1 aliphatic heterocycles. The standard InChI is InChI=1S/C15H14F3N3O5S/c16-15(17,18)27(24,25)26-12-1-2-13-9(6-12)5-11(7-19-13)20-10-3-4-21(8-10)14(22)23/h1-2,5-7,10,20H,3-4,8H2,(H,22,23)/t10-/m0/s1. The largest absolute Gasteiger partial charge is 0.534 e. The van der Waals surface area contributed by atoms with E-state index in [1.165, 1.54) is 17.2 Å². The average Bonchev–Trinajstić information content (AvgIpc) is 3.02. The first-order valence-corrected chi connectivity index (χ1v) is 9.11. The van der Waals surface area contributed by atoms with Gasteiger partial charge in [-0.3, -0.25) is 4.98 Å². The summed E-state index contributed by atoms with van der Waals surface area (Å²) < 4.78 is 63.6. The Morgan fingerprint density at radius 2 is 2.07 bits per heavy atom. The maximum Gasteiger partial charge on any atom is 0.534 e. The van der Waals surface area contributed by atoms with E-state index in [0.717, 1.165) is 12.1 Å². The minimum absolute atomic E-state index is 0.134. The second-order valence-corrected chi connectivity index (χ2v) is 7.46. The topological polar surface area (TPSA) is 109 Å². The van der Waals surface area contributed by atoms with Crippen molar-refractivity contribution >= 4 is 32.8 Å². The number of alkyl halides is 3. The number of rotatable bonds is 4. The van der Waals surface area contributed by atoms with E-state index in [1.807, 2.05) is 0 Å². The van der Waals surface area contributed by atoms with Crippen LogP contribution in [0.2, 0.25) is 0 Å². The third-order valence-corrected chi connectivity index (χ3v) is 4.95. The molecule has 27 heavy (non-hydrogen) atoms. The Labute approximate surface area is 151 Å². The number of nitrogens with one attached hydrogen (secondary N) is 1. The Morgan fingerprint density at radius 1 is 1.33 bits per heavy atom. The van der Waals surface area contributed by atoms with Crippen molar-refractivity contribution in [3.8, 4) is 5.75 Å². The first-order chi connectivity index (χ1) is 12.5. The van der Waals surface area contributed by atoms with Gasteiger partial charge in [-0.05, 0) is 30.7 Å². The lowest BCUT2D eigenvalue weighted by Gasteiger charge is -2.15. The van der Waals surface area contributed by atoms with Crippen molar-refractivity contribution in [3.63, 3.8) is 0 Å². The zero-order chi connectivity index (χ0) is 19.8. The van der Waals surface area contributed by atoms with Gasteiger partial charge in [0.15, 0.2) is 0 Å². The van der Waals surface area contributed by atoms with Gasteiger partial charge in [0.05, 0.1) is 17.4 Å². The molecule has 0 aliphatic carbocycles. The lowest BCUT2D eigenvalue weighted by Crippen LogP contribution is -2.30. The van der Waals surface area contributed by atoms with Crippen molar-refractivity contribution in [2.75, 3.05) is 18.4 Å². The number of amides is 1. The molecule has 1 fully saturated rings. The van der Waals surface area contributed by atoms with Crippen LogP contribution >= 0.6 is 0 Å². The molecule has 0 bridgehead atoms. The van der Waals surface area contributed by atoms with Crippen LogP contribution in [0.15, 0.2) is 30.5 Å². The Balaban J connectivity index is 1.79. The highest BCUT2D eigenvalue weighted by Gasteiger charge is 2.48. The normalized spacial score (nSPS) is 17.9. The molecule has 0 radical (unpaired) electrons. The molecule has 0 unspecified atom stereocenters. The van der Waals surface area contributed by atoms with Gasteiger partial charge in [0.2, 0.25) is 0 Å². The molecule has 3 rings (SSSR count). The number of nitrogens with zero attached hydrogens (tertiary/aromatic N) is 2. The summed E-state index contributed by atoms with van der Waals surface area (Å²) in [6.45, 7) is 0.682. The predicted octanol–water partition coefficient (Wildman–Crippen LogP) is 2.63. The third kappa shape index (κ3) is 4.15. The van der Waals surface area contributed by atoms with Gasteiger partial charge in [-0.1, -0.05) is 0 Å². The van der Waals surface area contributed by atoms with Gasteiger partial charge in [-0.25, -0.2) is 4.79 Å². The highest BCUT2D eigenvalue weighted by molar-refractivity contribution is 7.88. The van der Waals surface area contributed by atoms with Crippen LogP contribution in [0.4, 0.5) is 23.7 Å². The number of benzene rings is 1. The lowest BCUT2D eigenvalue weighted by atomic mass is 10.2. The zero-order valence-electron chi connectivity index (χ0n) is 13.6. The summed E-state index contributed by atoms with van der Waals surface area (Å²) in [4.78, 5) is 16.3. The van der Waals surface area contributed by atoms with E-state index >= 15 is 0 Å². The summed E-state index contributed by atoms with van der Waals surface area (Å²) in [6.07, 6.45) is 1.08. The van der Waals surface area contributed by atoms with Gasteiger partial charge in [-0.2, -0.15) is 21.6 Å². The second-order valence-electron chi connectivity index (χ2n) is 5.92. The molecular formula is C15H14F3N3O5S. The van der Waals surface area contributed by atoms with Crippen molar-refractivity contribution in [1.82, 2.24) is 9.88 Å². The van der Waals surface area contributed by atoms with E-state index in [-0.39, 0.29) is 6.04 Å². The van der Waals surface area contributed by atoms with Crippen LogP contribution in [0.25, 0.3) is 10.9 Å². The molecule has 1 aromatic heterocycles. The van der Waals surface area contributed by atoms with E-state index in [1.54, 1.807) is 6.07 Å². The van der Waals surface area contributed by atoms with Crippen LogP contribution < -0.4 is 9.50 Å². The number of fused-ring (bicyclic) bond motifs is 1. The van der Waals surface area contributed by atoms with Crippen LogP contribution in [-0.2, 0) is 10.1 Å². The number of pyridine rings is 1. The molecule has 2 aromatic rings. The van der Waals surface area contributed by atoms with Gasteiger partial charge in [-0.15, -0.1) is 0 Å². The Bertz CT molecular complexity index is 980. The summed E-state index contributed by atoms with van der Waals surface area (Å²) >= 11 is 0. The van der Waals surface area contributed by atoms with Gasteiger partial charge in [0.1, 0.15) is 5.75 Å². The highest BCUT2D eigenvalue weighted by Crippen LogP contribution is 2.29. The molecule has 146 valence electrons. The number of anilines is 1.